The van der Waals surface area contributed by atoms with Gasteiger partial charge in [0.25, 0.3) is 5.56 Å². The predicted molar refractivity (Wildman–Crippen MR) is 96.8 cm³/mol. The van der Waals surface area contributed by atoms with Crippen molar-refractivity contribution < 1.29 is 0 Å². The van der Waals surface area contributed by atoms with E-state index >= 15 is 0 Å². The second kappa shape index (κ2) is 6.39. The van der Waals surface area contributed by atoms with E-state index in [1.165, 1.54) is 23.3 Å². The molecular formula is C17H21N5OS. The van der Waals surface area contributed by atoms with Gasteiger partial charge in [0.1, 0.15) is 4.83 Å². The maximum Gasteiger partial charge on any atom is 0.263 e. The molecule has 1 N–H and O–H groups in total. The molecule has 24 heavy (non-hydrogen) atoms. The van der Waals surface area contributed by atoms with Crippen LogP contribution < -0.4 is 10.9 Å². The summed E-state index contributed by atoms with van der Waals surface area (Å²) in [5.74, 6) is 0.664. The van der Waals surface area contributed by atoms with Gasteiger partial charge in [-0.2, -0.15) is 0 Å². The third kappa shape index (κ3) is 2.73. The number of nitrogens with one attached hydrogen (secondary N) is 1. The molecule has 1 aliphatic carbocycles. The van der Waals surface area contributed by atoms with E-state index in [4.69, 9.17) is 4.98 Å². The number of anilines is 1. The summed E-state index contributed by atoms with van der Waals surface area (Å²) in [7, 11) is 1.81. The van der Waals surface area contributed by atoms with E-state index in [1.54, 1.807) is 29.1 Å². The summed E-state index contributed by atoms with van der Waals surface area (Å²) in [6, 6.07) is 0. The van der Waals surface area contributed by atoms with Gasteiger partial charge in [0, 0.05) is 37.4 Å². The highest BCUT2D eigenvalue weighted by Crippen LogP contribution is 2.34. The van der Waals surface area contributed by atoms with Gasteiger partial charge in [-0.25, -0.2) is 9.97 Å². The molecule has 0 saturated carbocycles. The minimum absolute atomic E-state index is 0.0801. The van der Waals surface area contributed by atoms with Crippen LogP contribution in [0.25, 0.3) is 10.2 Å². The third-order valence-electron chi connectivity index (χ3n) is 4.63. The number of imidazole rings is 1. The Morgan fingerprint density at radius 2 is 2.21 bits per heavy atom. The molecule has 3 aromatic heterocycles. The summed E-state index contributed by atoms with van der Waals surface area (Å²) in [6.07, 6.45) is 11.0. The van der Waals surface area contributed by atoms with Crippen LogP contribution in [-0.4, -0.2) is 25.6 Å². The Balaban J connectivity index is 1.55. The Morgan fingerprint density at radius 1 is 1.33 bits per heavy atom. The Bertz CT molecular complexity index is 909. The lowest BCUT2D eigenvalue weighted by atomic mass is 9.97. The van der Waals surface area contributed by atoms with E-state index in [1.807, 2.05) is 17.1 Å². The molecule has 3 aromatic rings. The average Bonchev–Trinajstić information content (AvgIpc) is 3.22. The van der Waals surface area contributed by atoms with Crippen LogP contribution in [0.5, 0.6) is 0 Å². The van der Waals surface area contributed by atoms with Crippen molar-refractivity contribution in [2.24, 2.45) is 7.05 Å². The predicted octanol–water partition coefficient (Wildman–Crippen LogP) is 2.57. The van der Waals surface area contributed by atoms with Gasteiger partial charge < -0.3 is 9.88 Å². The first kappa shape index (κ1) is 15.4. The molecule has 0 radical (unpaired) electrons. The van der Waals surface area contributed by atoms with Gasteiger partial charge in [0.2, 0.25) is 5.95 Å². The van der Waals surface area contributed by atoms with Crippen LogP contribution in [0, 0.1) is 0 Å². The van der Waals surface area contributed by atoms with Crippen LogP contribution in [0.15, 0.2) is 23.5 Å². The molecule has 3 heterocycles. The number of hydrogen-bond acceptors (Lipinski definition) is 5. The molecule has 0 aliphatic heterocycles. The molecule has 1 aliphatic rings. The molecule has 4 rings (SSSR count). The minimum atomic E-state index is 0.0801. The fourth-order valence-electron chi connectivity index (χ4n) is 3.32. The van der Waals surface area contributed by atoms with E-state index in [9.17, 15) is 4.79 Å². The third-order valence-corrected chi connectivity index (χ3v) is 5.82. The van der Waals surface area contributed by atoms with Gasteiger partial charge >= 0.3 is 0 Å². The largest absolute Gasteiger partial charge is 0.355 e. The molecule has 0 bridgehead atoms. The van der Waals surface area contributed by atoms with Crippen LogP contribution in [-0.2, 0) is 26.4 Å². The summed E-state index contributed by atoms with van der Waals surface area (Å²) in [5, 5.41) is 4.16. The number of aryl methyl sites for hydroxylation is 3. The van der Waals surface area contributed by atoms with Crippen molar-refractivity contribution in [2.45, 2.75) is 38.6 Å². The lowest BCUT2D eigenvalue weighted by Gasteiger charge is -2.12. The number of fused-ring (bicyclic) bond motifs is 3. The molecule has 7 heteroatoms. The highest BCUT2D eigenvalue weighted by molar-refractivity contribution is 7.18. The Morgan fingerprint density at radius 3 is 3.04 bits per heavy atom. The Labute approximate surface area is 144 Å². The van der Waals surface area contributed by atoms with Gasteiger partial charge in [-0.15, -0.1) is 11.3 Å². The highest BCUT2D eigenvalue weighted by Gasteiger charge is 2.20. The molecule has 0 amide bonds. The SMILES string of the molecule is Cn1c(NCCCn2ccnc2)nc2sc3c(c2c1=O)CCCC3. The average molecular weight is 343 g/mol. The van der Waals surface area contributed by atoms with Crippen LogP contribution in [0.3, 0.4) is 0 Å². The van der Waals surface area contributed by atoms with Crippen LogP contribution in [0.4, 0.5) is 5.95 Å². The van der Waals surface area contributed by atoms with Crippen molar-refractivity contribution >= 4 is 27.5 Å². The lowest BCUT2D eigenvalue weighted by Crippen LogP contribution is -2.23. The van der Waals surface area contributed by atoms with Crippen molar-refractivity contribution in [2.75, 3.05) is 11.9 Å². The normalized spacial score (nSPS) is 14.0. The maximum absolute atomic E-state index is 12.8. The zero-order valence-corrected chi connectivity index (χ0v) is 14.6. The van der Waals surface area contributed by atoms with E-state index in [-0.39, 0.29) is 5.56 Å². The summed E-state index contributed by atoms with van der Waals surface area (Å²) in [6.45, 7) is 1.67. The van der Waals surface area contributed by atoms with E-state index < -0.39 is 0 Å². The van der Waals surface area contributed by atoms with Gasteiger partial charge in [-0.3, -0.25) is 9.36 Å². The zero-order chi connectivity index (χ0) is 16.5. The van der Waals surface area contributed by atoms with Crippen molar-refractivity contribution in [3.05, 3.63) is 39.5 Å². The molecule has 0 spiro atoms. The number of thiophene rings is 1. The molecule has 126 valence electrons. The summed E-state index contributed by atoms with van der Waals surface area (Å²) in [4.78, 5) is 23.8. The van der Waals surface area contributed by atoms with Crippen LogP contribution >= 0.6 is 11.3 Å². The van der Waals surface area contributed by atoms with Crippen molar-refractivity contribution in [1.82, 2.24) is 19.1 Å². The first-order valence-electron chi connectivity index (χ1n) is 8.45. The second-order valence-corrected chi connectivity index (χ2v) is 7.36. The zero-order valence-electron chi connectivity index (χ0n) is 13.8. The molecule has 0 fully saturated rings. The molecule has 0 atom stereocenters. The first-order valence-corrected chi connectivity index (χ1v) is 9.26. The number of hydrogen-bond donors (Lipinski definition) is 1. The van der Waals surface area contributed by atoms with Crippen LogP contribution in [0.1, 0.15) is 29.7 Å². The second-order valence-electron chi connectivity index (χ2n) is 6.27. The smallest absolute Gasteiger partial charge is 0.263 e. The molecular weight excluding hydrogens is 322 g/mol. The van der Waals surface area contributed by atoms with E-state index in [0.29, 0.717) is 5.95 Å². The molecule has 0 saturated heterocycles. The summed E-state index contributed by atoms with van der Waals surface area (Å²) < 4.78 is 3.70. The topological polar surface area (TPSA) is 64.7 Å². The molecule has 6 nitrogen and oxygen atoms in total. The highest BCUT2D eigenvalue weighted by atomic mass is 32.1. The maximum atomic E-state index is 12.8. The van der Waals surface area contributed by atoms with Gasteiger partial charge in [-0.1, -0.05) is 0 Å². The van der Waals surface area contributed by atoms with Gasteiger partial charge in [-0.05, 0) is 37.7 Å². The van der Waals surface area contributed by atoms with Crippen molar-refractivity contribution in [1.29, 1.82) is 0 Å². The summed E-state index contributed by atoms with van der Waals surface area (Å²) in [5.41, 5.74) is 1.33. The van der Waals surface area contributed by atoms with E-state index in [0.717, 1.165) is 42.6 Å². The lowest BCUT2D eigenvalue weighted by molar-refractivity contribution is 0.656. The van der Waals surface area contributed by atoms with Crippen LogP contribution in [0.2, 0.25) is 0 Å². The van der Waals surface area contributed by atoms with Gasteiger partial charge in [0.05, 0.1) is 11.7 Å². The Hall–Kier alpha value is -2.15. The Kier molecular flexibility index (Phi) is 4.10. The monoisotopic (exact) mass is 343 g/mol. The van der Waals surface area contributed by atoms with Crippen molar-refractivity contribution in [3.63, 3.8) is 0 Å². The summed E-state index contributed by atoms with van der Waals surface area (Å²) >= 11 is 1.70. The van der Waals surface area contributed by atoms with Gasteiger partial charge in [0.15, 0.2) is 0 Å². The minimum Gasteiger partial charge on any atom is -0.355 e. The first-order chi connectivity index (χ1) is 11.7. The number of nitrogens with zero attached hydrogens (tertiary/aromatic N) is 4. The quantitative estimate of drug-likeness (QED) is 0.723. The molecule has 0 aromatic carbocycles. The fraction of sp³-hybridized carbons (Fsp3) is 0.471. The fourth-order valence-corrected chi connectivity index (χ4v) is 4.58. The van der Waals surface area contributed by atoms with Crippen molar-refractivity contribution in [3.8, 4) is 0 Å². The number of rotatable bonds is 5. The van der Waals surface area contributed by atoms with E-state index in [2.05, 4.69) is 10.3 Å². The standard InChI is InChI=1S/C17H21N5OS/c1-21-16(23)14-12-5-2-3-6-13(12)24-15(14)20-17(21)19-7-4-9-22-10-8-18-11-22/h8,10-11H,2-7,9H2,1H3,(H,19,20). The molecule has 0 unspecified atom stereocenters. The number of aromatic nitrogens is 4.